The van der Waals surface area contributed by atoms with Crippen molar-refractivity contribution in [2.75, 3.05) is 0 Å². The molecule has 0 unspecified atom stereocenters. The number of nitrogens with zero attached hydrogens (tertiary/aromatic N) is 2. The molecule has 0 fully saturated rings. The van der Waals surface area contributed by atoms with Crippen LogP contribution >= 0.6 is 0 Å². The van der Waals surface area contributed by atoms with Crippen LogP contribution in [-0.4, -0.2) is 49.9 Å². The van der Waals surface area contributed by atoms with E-state index in [1.807, 2.05) is 45.9 Å². The summed E-state index contributed by atoms with van der Waals surface area (Å²) in [5.74, 6) is 0.547. The molecule has 1 N–H and O–H groups in total. The Morgan fingerprint density at radius 1 is 0.936 bits per heavy atom. The van der Waals surface area contributed by atoms with Crippen LogP contribution < -0.4 is 5.19 Å². The second kappa shape index (κ2) is 17.2. The fourth-order valence-electron chi connectivity index (χ4n) is 5.87. The Balaban J connectivity index is 0.000000322. The number of carbonyl (C=O) groups is 1. The molecule has 0 atom stereocenters. The van der Waals surface area contributed by atoms with Crippen LogP contribution in [0, 0.1) is 17.9 Å². The van der Waals surface area contributed by atoms with Crippen LogP contribution in [0.1, 0.15) is 58.9 Å². The zero-order valence-electron chi connectivity index (χ0n) is 28.3. The number of hydrogen-bond donors (Lipinski definition) is 1. The van der Waals surface area contributed by atoms with Crippen molar-refractivity contribution in [3.63, 3.8) is 0 Å². The molecule has 253 valence electrons. The third-order valence-corrected chi connectivity index (χ3v) is 13.1. The Hall–Kier alpha value is -2.54. The molecule has 0 aliphatic rings. The molecule has 2 aromatic heterocycles. The fourth-order valence-corrected chi connectivity index (χ4v) is 10.0. The first kappa shape index (κ1) is 38.9. The van der Waals surface area contributed by atoms with E-state index in [1.165, 1.54) is 16.6 Å². The van der Waals surface area contributed by atoms with Crippen molar-refractivity contribution in [1.29, 1.82) is 0 Å². The van der Waals surface area contributed by atoms with Crippen LogP contribution in [0.15, 0.2) is 66.7 Å². The van der Waals surface area contributed by atoms with Crippen LogP contribution in [-0.2, 0) is 31.3 Å². The Morgan fingerprint density at radius 2 is 1.60 bits per heavy atom. The number of allylic oxidation sites excluding steroid dienone is 2. The van der Waals surface area contributed by atoms with Gasteiger partial charge in [0.15, 0.2) is 5.78 Å². The fraction of sp³-hybridized carbons (Fsp3) is 0.395. The summed E-state index contributed by atoms with van der Waals surface area (Å²) in [5.41, 5.74) is 3.52. The van der Waals surface area contributed by atoms with Crippen LogP contribution in [0.5, 0.6) is 0 Å². The molecule has 0 spiro atoms. The molecule has 3 aromatic carbocycles. The predicted molar refractivity (Wildman–Crippen MR) is 192 cm³/mol. The van der Waals surface area contributed by atoms with E-state index in [1.54, 1.807) is 12.4 Å². The van der Waals surface area contributed by atoms with Gasteiger partial charge in [0.1, 0.15) is 0 Å². The number of fused-ring (bicyclic) bond motifs is 4. The zero-order chi connectivity index (χ0) is 33.6. The number of alkyl halides is 2. The van der Waals surface area contributed by atoms with Gasteiger partial charge in [-0.25, -0.2) is 0 Å². The largest absolute Gasteiger partial charge is 0 e. The number of rotatable bonds is 11. The van der Waals surface area contributed by atoms with Gasteiger partial charge in [-0.15, -0.1) is 0 Å². The average Bonchev–Trinajstić information content (AvgIpc) is 3.39. The third-order valence-electron chi connectivity index (χ3n) is 8.63. The van der Waals surface area contributed by atoms with Gasteiger partial charge < -0.3 is 5.11 Å². The van der Waals surface area contributed by atoms with Gasteiger partial charge in [-0.3, -0.25) is 4.79 Å². The van der Waals surface area contributed by atoms with E-state index in [2.05, 4.69) is 59.9 Å². The van der Waals surface area contributed by atoms with E-state index in [-0.39, 0.29) is 64.4 Å². The number of aliphatic hydroxyl groups is 1. The second-order valence-electron chi connectivity index (χ2n) is 12.8. The Labute approximate surface area is 298 Å². The maximum absolute atomic E-state index is 12.9. The summed E-state index contributed by atoms with van der Waals surface area (Å²) >= 11 is -0.0296. The quantitative estimate of drug-likeness (QED) is 0.0622. The molecule has 0 amide bonds. The predicted octanol–water partition coefficient (Wildman–Crippen LogP) is 9.68. The van der Waals surface area contributed by atoms with Gasteiger partial charge in [-0.05, 0) is 25.7 Å². The van der Waals surface area contributed by atoms with Crippen molar-refractivity contribution in [1.82, 2.24) is 9.97 Å². The topological polar surface area (TPSA) is 63.1 Å². The summed E-state index contributed by atoms with van der Waals surface area (Å²) in [6, 6.07) is 19.9. The van der Waals surface area contributed by atoms with Gasteiger partial charge >= 0.3 is 187 Å². The van der Waals surface area contributed by atoms with E-state index in [0.717, 1.165) is 61.8 Å². The van der Waals surface area contributed by atoms with Gasteiger partial charge in [-0.1, -0.05) is 27.7 Å². The van der Waals surface area contributed by atoms with Crippen molar-refractivity contribution >= 4 is 63.7 Å². The van der Waals surface area contributed by atoms with Crippen LogP contribution in [0.25, 0.3) is 41.5 Å². The number of aliphatic hydroxyl groups excluding tert-OH is 1. The van der Waals surface area contributed by atoms with Crippen LogP contribution in [0.3, 0.4) is 0 Å². The normalized spacial score (nSPS) is 12.2. The number of hydrogen-bond acceptors (Lipinski definition) is 4. The SMILES string of the molecule is CCC(CC)C(=O)/C=C(\O)C(CC)CC.C[Si](C)(C)c1cc(-c2ncnc3c2[se]c2cc(CC(F)F)ccc23)[c-]c2ccccc12.[Ir]. The minimum Gasteiger partial charge on any atom is 0 e. The van der Waals surface area contributed by atoms with Gasteiger partial charge in [-0.2, -0.15) is 0 Å². The minimum absolute atomic E-state index is 0. The molecule has 5 aromatic rings. The Bertz CT molecular complexity index is 1840. The molecule has 0 aliphatic carbocycles. The summed E-state index contributed by atoms with van der Waals surface area (Å²) in [7, 11) is -1.60. The minimum atomic E-state index is -2.34. The van der Waals surface area contributed by atoms with E-state index in [9.17, 15) is 18.7 Å². The number of halogens is 2. The van der Waals surface area contributed by atoms with E-state index in [4.69, 9.17) is 0 Å². The summed E-state index contributed by atoms with van der Waals surface area (Å²) in [6.45, 7) is 15.1. The van der Waals surface area contributed by atoms with Gasteiger partial charge in [0, 0.05) is 38.0 Å². The van der Waals surface area contributed by atoms with E-state index < -0.39 is 14.5 Å². The van der Waals surface area contributed by atoms with Crippen molar-refractivity contribution in [3.05, 3.63) is 78.3 Å². The number of aromatic nitrogens is 2. The van der Waals surface area contributed by atoms with Crippen LogP contribution in [0.4, 0.5) is 8.78 Å². The number of ketones is 1. The molecular formula is C38H45F2IrN2O2SeSi-. The smallest absolute Gasteiger partial charge is 0 e. The summed E-state index contributed by atoms with van der Waals surface area (Å²) < 4.78 is 28.0. The van der Waals surface area contributed by atoms with Crippen molar-refractivity contribution in [2.24, 2.45) is 11.8 Å². The molecule has 0 aliphatic heterocycles. The van der Waals surface area contributed by atoms with Gasteiger partial charge in [0.05, 0.1) is 5.76 Å². The first-order chi connectivity index (χ1) is 21.9. The zero-order valence-corrected chi connectivity index (χ0v) is 33.4. The number of carbonyl (C=O) groups excluding carboxylic acids is 1. The molecule has 2 heterocycles. The molecule has 4 nitrogen and oxygen atoms in total. The monoisotopic (exact) mass is 900 g/mol. The summed E-state index contributed by atoms with van der Waals surface area (Å²) in [6.07, 6.45) is 3.97. The molecule has 0 bridgehead atoms. The van der Waals surface area contributed by atoms with Gasteiger partial charge in [0.25, 0.3) is 0 Å². The van der Waals surface area contributed by atoms with Crippen molar-refractivity contribution in [2.45, 2.75) is 85.9 Å². The first-order valence-corrected chi connectivity index (χ1v) is 21.5. The molecule has 9 heteroatoms. The van der Waals surface area contributed by atoms with Crippen molar-refractivity contribution < 1.29 is 38.8 Å². The summed E-state index contributed by atoms with van der Waals surface area (Å²) in [5, 5.41) is 14.6. The van der Waals surface area contributed by atoms with Crippen molar-refractivity contribution in [3.8, 4) is 11.3 Å². The second-order valence-corrected chi connectivity index (χ2v) is 20.1. The molecule has 1 radical (unpaired) electrons. The Kier molecular flexibility index (Phi) is 14.2. The maximum Gasteiger partial charge on any atom is 0 e. The summed E-state index contributed by atoms with van der Waals surface area (Å²) in [4.78, 5) is 21.0. The van der Waals surface area contributed by atoms with E-state index in [0.29, 0.717) is 5.56 Å². The number of benzene rings is 3. The van der Waals surface area contributed by atoms with Gasteiger partial charge in [0.2, 0.25) is 0 Å². The molecular weight excluding hydrogens is 854 g/mol. The average molecular weight is 899 g/mol. The Morgan fingerprint density at radius 3 is 2.21 bits per heavy atom. The maximum atomic E-state index is 12.9. The third kappa shape index (κ3) is 9.33. The first-order valence-electron chi connectivity index (χ1n) is 16.3. The standard InChI is InChI=1S/C25H21F2N2SeSi.C13H24O2.Ir/c1-31(2,3)21-13-17(12-16-6-4-5-7-18(16)21)23-25-24(29-14-28-23)19-9-8-15(11-22(26)27)10-20(19)30-25;1-5-10(6-2)12(14)9-13(15)11(7-3)8-4;/h4-10,13-14,22H,11H2,1-3H3;9-11,14H,5-8H2,1-4H3;/q-1;;/b;12-9-;. The van der Waals surface area contributed by atoms with Crippen LogP contribution in [0.2, 0.25) is 19.6 Å². The molecule has 5 rings (SSSR count). The molecule has 0 saturated carbocycles. The molecule has 0 saturated heterocycles. The molecule has 47 heavy (non-hydrogen) atoms. The van der Waals surface area contributed by atoms with E-state index >= 15 is 0 Å².